The van der Waals surface area contributed by atoms with Crippen LogP contribution < -0.4 is 0 Å². The molecule has 1 aliphatic heterocycles. The Bertz CT molecular complexity index is 557. The highest BCUT2D eigenvalue weighted by Gasteiger charge is 2.30. The van der Waals surface area contributed by atoms with Gasteiger partial charge in [0.15, 0.2) is 0 Å². The third-order valence-corrected chi connectivity index (χ3v) is 6.08. The molecule has 1 fully saturated rings. The zero-order chi connectivity index (χ0) is 18.3. The average Bonchev–Trinajstić information content (AvgIpc) is 2.59. The first-order valence-electron chi connectivity index (χ1n) is 9.27. The lowest BCUT2D eigenvalue weighted by Crippen LogP contribution is -2.37. The van der Waals surface area contributed by atoms with E-state index in [1.54, 1.807) is 0 Å². The molecule has 1 unspecified atom stereocenters. The monoisotopic (exact) mass is 360 g/mol. The van der Waals surface area contributed by atoms with Gasteiger partial charge in [0.1, 0.15) is 16.1 Å². The minimum atomic E-state index is -1.17. The minimum Gasteiger partial charge on any atom is -0.591 e. The molecule has 3 nitrogen and oxygen atoms in total. The summed E-state index contributed by atoms with van der Waals surface area (Å²) in [5.74, 6) is 0.457. The molecule has 0 spiro atoms. The SMILES string of the molecule is C=CCC/C(=N/[S+]([O-])C(C)(C)C)C1CCN(Cc2ccccc2)CC1. The van der Waals surface area contributed by atoms with Crippen LogP contribution in [0.15, 0.2) is 47.4 Å². The van der Waals surface area contributed by atoms with Crippen LogP contribution in [0.25, 0.3) is 0 Å². The zero-order valence-electron chi connectivity index (χ0n) is 15.9. The van der Waals surface area contributed by atoms with Crippen LogP contribution in [0.2, 0.25) is 0 Å². The van der Waals surface area contributed by atoms with E-state index in [1.165, 1.54) is 5.56 Å². The molecule has 1 atom stereocenters. The van der Waals surface area contributed by atoms with E-state index in [1.807, 2.05) is 26.8 Å². The van der Waals surface area contributed by atoms with E-state index < -0.39 is 11.4 Å². The van der Waals surface area contributed by atoms with Crippen LogP contribution in [0.4, 0.5) is 0 Å². The van der Waals surface area contributed by atoms with Crippen molar-refractivity contribution in [1.29, 1.82) is 0 Å². The molecule has 2 rings (SSSR count). The molecule has 1 heterocycles. The number of nitrogens with zero attached hydrogens (tertiary/aromatic N) is 2. The molecule has 4 heteroatoms. The molecule has 0 N–H and O–H groups in total. The van der Waals surface area contributed by atoms with Crippen LogP contribution >= 0.6 is 0 Å². The summed E-state index contributed by atoms with van der Waals surface area (Å²) >= 11 is -1.17. The van der Waals surface area contributed by atoms with Gasteiger partial charge in [0, 0.05) is 12.5 Å². The van der Waals surface area contributed by atoms with E-state index in [4.69, 9.17) is 0 Å². The van der Waals surface area contributed by atoms with E-state index in [0.29, 0.717) is 5.92 Å². The number of piperidine rings is 1. The Labute approximate surface area is 156 Å². The van der Waals surface area contributed by atoms with E-state index >= 15 is 0 Å². The third kappa shape index (κ3) is 6.61. The molecule has 138 valence electrons. The lowest BCUT2D eigenvalue weighted by molar-refractivity contribution is 0.201. The maximum absolute atomic E-state index is 12.5. The summed E-state index contributed by atoms with van der Waals surface area (Å²) in [4.78, 5) is 2.51. The van der Waals surface area contributed by atoms with Crippen molar-refractivity contribution in [3.05, 3.63) is 48.6 Å². The highest BCUT2D eigenvalue weighted by Crippen LogP contribution is 2.25. The van der Waals surface area contributed by atoms with E-state index in [-0.39, 0.29) is 4.75 Å². The first kappa shape index (κ1) is 20.2. The Morgan fingerprint density at radius 3 is 2.48 bits per heavy atom. The summed E-state index contributed by atoms with van der Waals surface area (Å²) < 4.78 is 16.8. The first-order chi connectivity index (χ1) is 11.9. The number of rotatable bonds is 7. The maximum atomic E-state index is 12.5. The van der Waals surface area contributed by atoms with Gasteiger partial charge in [-0.15, -0.1) is 6.58 Å². The van der Waals surface area contributed by atoms with Gasteiger partial charge in [0.05, 0.1) is 5.71 Å². The van der Waals surface area contributed by atoms with Crippen molar-refractivity contribution in [2.75, 3.05) is 13.1 Å². The summed E-state index contributed by atoms with van der Waals surface area (Å²) in [6.45, 7) is 13.0. The molecule has 0 aromatic heterocycles. The molecule has 0 aliphatic carbocycles. The van der Waals surface area contributed by atoms with Crippen molar-refractivity contribution in [3.8, 4) is 0 Å². The van der Waals surface area contributed by atoms with E-state index in [0.717, 1.165) is 51.0 Å². The highest BCUT2D eigenvalue weighted by molar-refractivity contribution is 7.91. The van der Waals surface area contributed by atoms with Crippen LogP contribution in [0.1, 0.15) is 52.0 Å². The topological polar surface area (TPSA) is 38.7 Å². The van der Waals surface area contributed by atoms with Crippen molar-refractivity contribution in [2.24, 2.45) is 10.3 Å². The fourth-order valence-corrected chi connectivity index (χ4v) is 3.81. The molecule has 0 radical (unpaired) electrons. The molecule has 1 aromatic carbocycles. The van der Waals surface area contributed by atoms with Gasteiger partial charge in [-0.05, 0) is 65.1 Å². The molecular formula is C21H32N2OS. The van der Waals surface area contributed by atoms with Crippen molar-refractivity contribution in [3.63, 3.8) is 0 Å². The van der Waals surface area contributed by atoms with Crippen molar-refractivity contribution in [1.82, 2.24) is 4.90 Å². The predicted molar refractivity (Wildman–Crippen MR) is 109 cm³/mol. The Kier molecular flexibility index (Phi) is 7.73. The smallest absolute Gasteiger partial charge is 0.144 e. The maximum Gasteiger partial charge on any atom is 0.144 e. The molecular weight excluding hydrogens is 328 g/mol. The van der Waals surface area contributed by atoms with Gasteiger partial charge in [0.25, 0.3) is 0 Å². The largest absolute Gasteiger partial charge is 0.591 e. The van der Waals surface area contributed by atoms with Crippen molar-refractivity contribution in [2.45, 2.75) is 57.7 Å². The predicted octanol–water partition coefficient (Wildman–Crippen LogP) is 4.77. The van der Waals surface area contributed by atoms with Gasteiger partial charge in [-0.2, -0.15) is 0 Å². The minimum absolute atomic E-state index is 0.298. The number of benzene rings is 1. The second kappa shape index (κ2) is 9.56. The molecule has 0 bridgehead atoms. The van der Waals surface area contributed by atoms with Crippen LogP contribution in [-0.4, -0.2) is 33.0 Å². The van der Waals surface area contributed by atoms with Gasteiger partial charge < -0.3 is 4.55 Å². The van der Waals surface area contributed by atoms with Gasteiger partial charge >= 0.3 is 0 Å². The number of likely N-dealkylation sites (tertiary alicyclic amines) is 1. The summed E-state index contributed by atoms with van der Waals surface area (Å²) in [5, 5.41) is 0. The van der Waals surface area contributed by atoms with E-state index in [2.05, 4.69) is 46.2 Å². The molecule has 0 saturated carbocycles. The molecule has 1 aromatic rings. The van der Waals surface area contributed by atoms with Crippen LogP contribution in [0.3, 0.4) is 0 Å². The highest BCUT2D eigenvalue weighted by atomic mass is 32.2. The number of allylic oxidation sites excluding steroid dienone is 1. The van der Waals surface area contributed by atoms with Crippen molar-refractivity contribution < 1.29 is 4.55 Å². The Balaban J connectivity index is 1.96. The Morgan fingerprint density at radius 2 is 1.92 bits per heavy atom. The second-order valence-corrected chi connectivity index (χ2v) is 9.71. The lowest BCUT2D eigenvalue weighted by atomic mass is 9.89. The number of hydrogen-bond donors (Lipinski definition) is 0. The second-order valence-electron chi connectivity index (χ2n) is 7.81. The normalized spacial score (nSPS) is 19.0. The quantitative estimate of drug-likeness (QED) is 0.399. The summed E-state index contributed by atoms with van der Waals surface area (Å²) in [6.07, 6.45) is 5.92. The van der Waals surface area contributed by atoms with Gasteiger partial charge in [-0.1, -0.05) is 40.8 Å². The first-order valence-corrected chi connectivity index (χ1v) is 10.4. The van der Waals surface area contributed by atoms with Crippen LogP contribution in [0, 0.1) is 5.92 Å². The molecule has 1 aliphatic rings. The Morgan fingerprint density at radius 1 is 1.28 bits per heavy atom. The van der Waals surface area contributed by atoms with Crippen LogP contribution in [0.5, 0.6) is 0 Å². The summed E-state index contributed by atoms with van der Waals surface area (Å²) in [6, 6.07) is 10.6. The summed E-state index contributed by atoms with van der Waals surface area (Å²) in [5.41, 5.74) is 2.50. The van der Waals surface area contributed by atoms with Crippen molar-refractivity contribution >= 4 is 17.1 Å². The fourth-order valence-electron chi connectivity index (χ4n) is 3.08. The Hall–Kier alpha value is -1.10. The van der Waals surface area contributed by atoms with Crippen LogP contribution in [-0.2, 0) is 17.9 Å². The molecule has 25 heavy (non-hydrogen) atoms. The lowest BCUT2D eigenvalue weighted by Gasteiger charge is -2.32. The summed E-state index contributed by atoms with van der Waals surface area (Å²) in [7, 11) is 0. The molecule has 0 amide bonds. The fraction of sp³-hybridized carbons (Fsp3) is 0.571. The number of hydrogen-bond acceptors (Lipinski definition) is 3. The third-order valence-electron chi connectivity index (χ3n) is 4.64. The van der Waals surface area contributed by atoms with E-state index in [9.17, 15) is 4.55 Å². The zero-order valence-corrected chi connectivity index (χ0v) is 16.7. The van der Waals surface area contributed by atoms with Gasteiger partial charge in [-0.3, -0.25) is 4.90 Å². The standard InChI is InChI=1S/C21H32N2OS/c1-5-6-12-20(22-25(24)21(2,3)4)19-13-15-23(16-14-19)17-18-10-8-7-9-11-18/h5,7-11,19H,1,6,12-17H2,2-4H3/b22-20-. The molecule has 1 saturated heterocycles. The average molecular weight is 361 g/mol. The van der Waals surface area contributed by atoms with Gasteiger partial charge in [-0.25, -0.2) is 0 Å². The van der Waals surface area contributed by atoms with Gasteiger partial charge in [0.2, 0.25) is 0 Å².